The first-order valence-electron chi connectivity index (χ1n) is 8.00. The topological polar surface area (TPSA) is 61.9 Å². The SMILES string of the molecule is O=C(c1c[nH]c2ccccc12)N1C2CCC1c1cncnc1C2. The molecule has 1 N–H and O–H groups in total. The van der Waals surface area contributed by atoms with Gasteiger partial charge in [0.05, 0.1) is 17.3 Å². The van der Waals surface area contributed by atoms with Gasteiger partial charge in [-0.05, 0) is 18.9 Å². The van der Waals surface area contributed by atoms with Gasteiger partial charge in [0.25, 0.3) is 5.91 Å². The van der Waals surface area contributed by atoms with Crippen LogP contribution in [0.15, 0.2) is 43.0 Å². The number of rotatable bonds is 1. The van der Waals surface area contributed by atoms with E-state index in [9.17, 15) is 4.79 Å². The zero-order chi connectivity index (χ0) is 15.4. The Bertz CT molecular complexity index is 916. The molecule has 0 saturated carbocycles. The van der Waals surface area contributed by atoms with Crippen LogP contribution in [-0.2, 0) is 6.42 Å². The lowest BCUT2D eigenvalue weighted by Gasteiger charge is -2.35. The number of hydrogen-bond acceptors (Lipinski definition) is 3. The van der Waals surface area contributed by atoms with E-state index in [4.69, 9.17) is 0 Å². The first kappa shape index (κ1) is 12.8. The maximum Gasteiger partial charge on any atom is 0.256 e. The predicted molar refractivity (Wildman–Crippen MR) is 86.0 cm³/mol. The summed E-state index contributed by atoms with van der Waals surface area (Å²) in [4.78, 5) is 27.0. The van der Waals surface area contributed by atoms with E-state index in [-0.39, 0.29) is 18.0 Å². The molecule has 23 heavy (non-hydrogen) atoms. The Balaban J connectivity index is 1.59. The maximum atomic E-state index is 13.2. The molecular weight excluding hydrogens is 288 g/mol. The molecule has 1 aromatic carbocycles. The molecule has 5 heteroatoms. The van der Waals surface area contributed by atoms with Crippen LogP contribution in [0.2, 0.25) is 0 Å². The summed E-state index contributed by atoms with van der Waals surface area (Å²) < 4.78 is 0. The number of amides is 1. The van der Waals surface area contributed by atoms with Gasteiger partial charge in [0, 0.05) is 41.3 Å². The second kappa shape index (κ2) is 4.65. The lowest BCUT2D eigenvalue weighted by atomic mass is 9.98. The molecule has 5 nitrogen and oxygen atoms in total. The quantitative estimate of drug-likeness (QED) is 0.752. The van der Waals surface area contributed by atoms with Crippen LogP contribution in [0.25, 0.3) is 10.9 Å². The van der Waals surface area contributed by atoms with Crippen molar-refractivity contribution in [1.29, 1.82) is 0 Å². The summed E-state index contributed by atoms with van der Waals surface area (Å²) in [6.45, 7) is 0. The number of hydrogen-bond donors (Lipinski definition) is 1. The van der Waals surface area contributed by atoms with Crippen molar-refractivity contribution in [3.8, 4) is 0 Å². The highest BCUT2D eigenvalue weighted by Gasteiger charge is 2.43. The van der Waals surface area contributed by atoms with Crippen LogP contribution in [0.5, 0.6) is 0 Å². The number of fused-ring (bicyclic) bond motifs is 5. The highest BCUT2D eigenvalue weighted by molar-refractivity contribution is 6.07. The van der Waals surface area contributed by atoms with Crippen molar-refractivity contribution in [2.75, 3.05) is 0 Å². The first-order chi connectivity index (χ1) is 11.3. The fraction of sp³-hybridized carbons (Fsp3) is 0.278. The van der Waals surface area contributed by atoms with E-state index in [1.54, 1.807) is 6.33 Å². The van der Waals surface area contributed by atoms with Gasteiger partial charge in [0.1, 0.15) is 6.33 Å². The monoisotopic (exact) mass is 304 g/mol. The number of aromatic nitrogens is 3. The molecular formula is C18H16N4O. The Morgan fingerprint density at radius 1 is 1.26 bits per heavy atom. The van der Waals surface area contributed by atoms with Crippen molar-refractivity contribution in [3.63, 3.8) is 0 Å². The van der Waals surface area contributed by atoms with E-state index in [1.165, 1.54) is 0 Å². The Morgan fingerprint density at radius 2 is 2.17 bits per heavy atom. The zero-order valence-electron chi connectivity index (χ0n) is 12.6. The van der Waals surface area contributed by atoms with Gasteiger partial charge in [0.15, 0.2) is 0 Å². The molecule has 2 aromatic heterocycles. The van der Waals surface area contributed by atoms with E-state index in [1.807, 2.05) is 36.7 Å². The Morgan fingerprint density at radius 3 is 3.13 bits per heavy atom. The van der Waals surface area contributed by atoms with Crippen LogP contribution >= 0.6 is 0 Å². The van der Waals surface area contributed by atoms with E-state index < -0.39 is 0 Å². The second-order valence-electron chi connectivity index (χ2n) is 6.34. The molecule has 5 rings (SSSR count). The normalized spacial score (nSPS) is 22.3. The zero-order valence-corrected chi connectivity index (χ0v) is 12.6. The van der Waals surface area contributed by atoms with Gasteiger partial charge in [-0.15, -0.1) is 0 Å². The molecule has 1 amide bonds. The molecule has 2 atom stereocenters. The fourth-order valence-electron chi connectivity index (χ4n) is 4.12. The third-order valence-corrected chi connectivity index (χ3v) is 5.17. The largest absolute Gasteiger partial charge is 0.360 e. The third kappa shape index (κ3) is 1.76. The number of carbonyl (C=O) groups is 1. The van der Waals surface area contributed by atoms with Crippen molar-refractivity contribution in [1.82, 2.24) is 19.9 Å². The lowest BCUT2D eigenvalue weighted by Crippen LogP contribution is -2.42. The summed E-state index contributed by atoms with van der Waals surface area (Å²) in [7, 11) is 0. The van der Waals surface area contributed by atoms with Crippen LogP contribution in [0.1, 0.15) is 40.5 Å². The second-order valence-corrected chi connectivity index (χ2v) is 6.34. The molecule has 0 aliphatic carbocycles. The average Bonchev–Trinajstić information content (AvgIpc) is 3.15. The summed E-state index contributed by atoms with van der Waals surface area (Å²) in [5.41, 5.74) is 3.99. The Labute approximate surface area is 133 Å². The Kier molecular flexibility index (Phi) is 2.59. The average molecular weight is 304 g/mol. The highest BCUT2D eigenvalue weighted by atomic mass is 16.2. The van der Waals surface area contributed by atoms with Crippen molar-refractivity contribution in [3.05, 3.63) is 59.8 Å². The van der Waals surface area contributed by atoms with Gasteiger partial charge in [-0.2, -0.15) is 0 Å². The number of H-pyrrole nitrogens is 1. The third-order valence-electron chi connectivity index (χ3n) is 5.17. The number of nitrogens with one attached hydrogen (secondary N) is 1. The number of para-hydroxylation sites is 1. The first-order valence-corrected chi connectivity index (χ1v) is 8.00. The molecule has 2 aliphatic heterocycles. The van der Waals surface area contributed by atoms with Gasteiger partial charge < -0.3 is 9.88 Å². The highest BCUT2D eigenvalue weighted by Crippen LogP contribution is 2.43. The van der Waals surface area contributed by atoms with Crippen LogP contribution in [-0.4, -0.2) is 31.8 Å². The summed E-state index contributed by atoms with van der Waals surface area (Å²) in [6, 6.07) is 8.32. The number of benzene rings is 1. The molecule has 114 valence electrons. The van der Waals surface area contributed by atoms with Gasteiger partial charge in [0.2, 0.25) is 0 Å². The summed E-state index contributed by atoms with van der Waals surface area (Å²) >= 11 is 0. The van der Waals surface area contributed by atoms with Crippen molar-refractivity contribution in [2.45, 2.75) is 31.3 Å². The van der Waals surface area contributed by atoms with Crippen LogP contribution in [0, 0.1) is 0 Å². The van der Waals surface area contributed by atoms with Crippen molar-refractivity contribution in [2.24, 2.45) is 0 Å². The molecule has 0 spiro atoms. The van der Waals surface area contributed by atoms with E-state index in [0.717, 1.165) is 47.0 Å². The summed E-state index contributed by atoms with van der Waals surface area (Å²) in [6.07, 6.45) is 8.19. The minimum absolute atomic E-state index is 0.115. The summed E-state index contributed by atoms with van der Waals surface area (Å²) in [5, 5.41) is 0.993. The lowest BCUT2D eigenvalue weighted by molar-refractivity contribution is 0.0646. The standard InChI is InChI=1S/C18H16N4O/c23-18(13-9-20-15-4-2-1-3-12(13)15)22-11-5-6-17(22)14-8-19-10-21-16(14)7-11/h1-4,8-11,17,20H,5-7H2. The number of aromatic amines is 1. The van der Waals surface area contributed by atoms with Gasteiger partial charge in [-0.1, -0.05) is 18.2 Å². The molecule has 4 heterocycles. The molecule has 2 unspecified atom stereocenters. The predicted octanol–water partition coefficient (Wildman–Crippen LogP) is 2.86. The van der Waals surface area contributed by atoms with Gasteiger partial charge >= 0.3 is 0 Å². The van der Waals surface area contributed by atoms with Crippen molar-refractivity contribution < 1.29 is 4.79 Å². The molecule has 2 aliphatic rings. The van der Waals surface area contributed by atoms with Crippen LogP contribution < -0.4 is 0 Å². The molecule has 1 saturated heterocycles. The van der Waals surface area contributed by atoms with Gasteiger partial charge in [-0.25, -0.2) is 9.97 Å². The van der Waals surface area contributed by atoms with E-state index in [0.29, 0.717) is 0 Å². The fourth-order valence-corrected chi connectivity index (χ4v) is 4.12. The molecule has 3 aromatic rings. The number of carbonyl (C=O) groups excluding carboxylic acids is 1. The minimum atomic E-state index is 0.115. The maximum absolute atomic E-state index is 13.2. The van der Waals surface area contributed by atoms with E-state index in [2.05, 4.69) is 19.9 Å². The molecule has 0 radical (unpaired) electrons. The smallest absolute Gasteiger partial charge is 0.256 e. The molecule has 1 fully saturated rings. The van der Waals surface area contributed by atoms with Gasteiger partial charge in [-0.3, -0.25) is 4.79 Å². The summed E-state index contributed by atoms with van der Waals surface area (Å²) in [5.74, 6) is 0.115. The molecule has 2 bridgehead atoms. The van der Waals surface area contributed by atoms with Crippen LogP contribution in [0.4, 0.5) is 0 Å². The minimum Gasteiger partial charge on any atom is -0.360 e. The Hall–Kier alpha value is -2.69. The number of nitrogens with zero attached hydrogens (tertiary/aromatic N) is 3. The van der Waals surface area contributed by atoms with E-state index >= 15 is 0 Å². The van der Waals surface area contributed by atoms with Crippen molar-refractivity contribution >= 4 is 16.8 Å². The van der Waals surface area contributed by atoms with Crippen LogP contribution in [0.3, 0.4) is 0 Å².